The normalized spacial score (nSPS) is 10.2. The minimum absolute atomic E-state index is 0.442. The molecule has 0 fully saturated rings. The van der Waals surface area contributed by atoms with E-state index in [-0.39, 0.29) is 0 Å². The Bertz CT molecular complexity index is 534. The van der Waals surface area contributed by atoms with Crippen LogP contribution in [0.1, 0.15) is 0 Å². The van der Waals surface area contributed by atoms with Crippen LogP contribution in [0, 0.1) is 0 Å². The smallest absolute Gasteiger partial charge is 0.237 e. The van der Waals surface area contributed by atoms with Crippen LogP contribution in [0.4, 0.5) is 5.69 Å². The summed E-state index contributed by atoms with van der Waals surface area (Å²) in [5.74, 6) is 0.442. The van der Waals surface area contributed by atoms with Gasteiger partial charge >= 0.3 is 0 Å². The summed E-state index contributed by atoms with van der Waals surface area (Å²) in [6, 6.07) is 11.2. The highest BCUT2D eigenvalue weighted by Gasteiger charge is 2.04. The number of nitrogens with zero attached hydrogens (tertiary/aromatic N) is 1. The average molecular weight is 267 g/mol. The number of aromatic nitrogens is 1. The SMILES string of the molecule is COc1nc(Sc2cccc(Cl)c2)ccc1N. The Morgan fingerprint density at radius 3 is 2.82 bits per heavy atom. The van der Waals surface area contributed by atoms with E-state index in [1.165, 1.54) is 11.8 Å². The molecule has 0 aliphatic rings. The van der Waals surface area contributed by atoms with Gasteiger partial charge in [0.25, 0.3) is 0 Å². The molecule has 0 saturated heterocycles. The Morgan fingerprint density at radius 1 is 1.29 bits per heavy atom. The van der Waals surface area contributed by atoms with E-state index in [1.54, 1.807) is 13.2 Å². The second-order valence-corrected chi connectivity index (χ2v) is 4.84. The first-order chi connectivity index (χ1) is 8.19. The van der Waals surface area contributed by atoms with E-state index in [0.29, 0.717) is 16.6 Å². The van der Waals surface area contributed by atoms with Crippen LogP contribution >= 0.6 is 23.4 Å². The number of rotatable bonds is 3. The van der Waals surface area contributed by atoms with Crippen molar-refractivity contribution < 1.29 is 4.74 Å². The van der Waals surface area contributed by atoms with E-state index in [9.17, 15) is 0 Å². The van der Waals surface area contributed by atoms with Gasteiger partial charge in [0.05, 0.1) is 12.8 Å². The number of hydrogen-bond acceptors (Lipinski definition) is 4. The number of benzene rings is 1. The molecule has 5 heteroatoms. The van der Waals surface area contributed by atoms with Gasteiger partial charge in [-0.1, -0.05) is 29.4 Å². The van der Waals surface area contributed by atoms with Gasteiger partial charge in [-0.15, -0.1) is 0 Å². The lowest BCUT2D eigenvalue weighted by Gasteiger charge is -2.06. The molecule has 88 valence electrons. The highest BCUT2D eigenvalue weighted by atomic mass is 35.5. The molecular formula is C12H11ClN2OS. The molecule has 2 aromatic rings. The molecule has 1 aromatic heterocycles. The van der Waals surface area contributed by atoms with Crippen molar-refractivity contribution in [3.8, 4) is 5.88 Å². The first-order valence-electron chi connectivity index (χ1n) is 4.93. The Labute approximate surface area is 109 Å². The quantitative estimate of drug-likeness (QED) is 0.924. The van der Waals surface area contributed by atoms with Gasteiger partial charge < -0.3 is 10.5 Å². The van der Waals surface area contributed by atoms with Gasteiger partial charge in [0.2, 0.25) is 5.88 Å². The van der Waals surface area contributed by atoms with Crippen molar-refractivity contribution in [3.05, 3.63) is 41.4 Å². The highest BCUT2D eigenvalue weighted by Crippen LogP contribution is 2.30. The van der Waals surface area contributed by atoms with E-state index in [0.717, 1.165) is 9.92 Å². The van der Waals surface area contributed by atoms with Crippen LogP contribution in [0.25, 0.3) is 0 Å². The maximum absolute atomic E-state index is 5.92. The highest BCUT2D eigenvalue weighted by molar-refractivity contribution is 7.99. The Balaban J connectivity index is 2.24. The molecule has 2 rings (SSSR count). The van der Waals surface area contributed by atoms with Gasteiger partial charge in [-0.3, -0.25) is 0 Å². The number of methoxy groups -OCH3 is 1. The van der Waals surface area contributed by atoms with Crippen molar-refractivity contribution in [2.45, 2.75) is 9.92 Å². The second-order valence-electron chi connectivity index (χ2n) is 3.31. The lowest BCUT2D eigenvalue weighted by atomic mass is 10.4. The van der Waals surface area contributed by atoms with E-state index in [4.69, 9.17) is 22.1 Å². The predicted octanol–water partition coefficient (Wildman–Crippen LogP) is 3.48. The topological polar surface area (TPSA) is 48.1 Å². The van der Waals surface area contributed by atoms with Crippen LogP contribution in [0.2, 0.25) is 5.02 Å². The molecule has 2 N–H and O–H groups in total. The van der Waals surface area contributed by atoms with Crippen molar-refractivity contribution in [2.24, 2.45) is 0 Å². The fourth-order valence-electron chi connectivity index (χ4n) is 1.31. The van der Waals surface area contributed by atoms with Crippen molar-refractivity contribution in [2.75, 3.05) is 12.8 Å². The fourth-order valence-corrected chi connectivity index (χ4v) is 2.40. The van der Waals surface area contributed by atoms with Crippen molar-refractivity contribution in [1.29, 1.82) is 0 Å². The summed E-state index contributed by atoms with van der Waals surface area (Å²) in [4.78, 5) is 5.31. The molecule has 0 radical (unpaired) electrons. The molecule has 0 amide bonds. The molecule has 1 heterocycles. The maximum atomic E-state index is 5.92. The molecule has 0 aliphatic heterocycles. The fraction of sp³-hybridized carbons (Fsp3) is 0.0833. The molecule has 0 unspecified atom stereocenters. The number of nitrogen functional groups attached to an aromatic ring is 1. The number of anilines is 1. The number of hydrogen-bond donors (Lipinski definition) is 1. The van der Waals surface area contributed by atoms with Crippen LogP contribution in [0.5, 0.6) is 5.88 Å². The van der Waals surface area contributed by atoms with E-state index in [1.807, 2.05) is 30.3 Å². The molecule has 17 heavy (non-hydrogen) atoms. The van der Waals surface area contributed by atoms with Gasteiger partial charge in [0.15, 0.2) is 0 Å². The van der Waals surface area contributed by atoms with Crippen LogP contribution in [-0.2, 0) is 0 Å². The predicted molar refractivity (Wildman–Crippen MR) is 70.8 cm³/mol. The van der Waals surface area contributed by atoms with Crippen LogP contribution < -0.4 is 10.5 Å². The molecule has 0 bridgehead atoms. The van der Waals surface area contributed by atoms with E-state index in [2.05, 4.69) is 4.98 Å². The van der Waals surface area contributed by atoms with E-state index >= 15 is 0 Å². The lowest BCUT2D eigenvalue weighted by Crippen LogP contribution is -1.95. The monoisotopic (exact) mass is 266 g/mol. The Morgan fingerprint density at radius 2 is 2.12 bits per heavy atom. The molecule has 1 aromatic carbocycles. The molecule has 0 saturated carbocycles. The third-order valence-electron chi connectivity index (χ3n) is 2.08. The minimum atomic E-state index is 0.442. The Kier molecular flexibility index (Phi) is 3.76. The van der Waals surface area contributed by atoms with E-state index < -0.39 is 0 Å². The molecule has 3 nitrogen and oxygen atoms in total. The van der Waals surface area contributed by atoms with Gasteiger partial charge in [-0.2, -0.15) is 0 Å². The molecule has 0 aliphatic carbocycles. The minimum Gasteiger partial charge on any atom is -0.480 e. The summed E-state index contributed by atoms with van der Waals surface area (Å²) in [6.45, 7) is 0. The van der Waals surface area contributed by atoms with Crippen molar-refractivity contribution >= 4 is 29.1 Å². The summed E-state index contributed by atoms with van der Waals surface area (Å²) in [5.41, 5.74) is 6.23. The summed E-state index contributed by atoms with van der Waals surface area (Å²) in [5, 5.41) is 1.52. The number of pyridine rings is 1. The summed E-state index contributed by atoms with van der Waals surface area (Å²) < 4.78 is 5.07. The summed E-state index contributed by atoms with van der Waals surface area (Å²) >= 11 is 7.43. The Hall–Kier alpha value is -1.39. The zero-order valence-corrected chi connectivity index (χ0v) is 10.8. The van der Waals surface area contributed by atoms with Crippen LogP contribution in [0.3, 0.4) is 0 Å². The first kappa shape index (κ1) is 12.1. The summed E-state index contributed by atoms with van der Waals surface area (Å²) in [7, 11) is 1.55. The number of ether oxygens (including phenoxy) is 1. The third-order valence-corrected chi connectivity index (χ3v) is 3.24. The third kappa shape index (κ3) is 3.05. The largest absolute Gasteiger partial charge is 0.480 e. The van der Waals surface area contributed by atoms with Crippen LogP contribution in [-0.4, -0.2) is 12.1 Å². The number of halogens is 1. The van der Waals surface area contributed by atoms with Gasteiger partial charge in [0.1, 0.15) is 5.03 Å². The van der Waals surface area contributed by atoms with Gasteiger partial charge in [0, 0.05) is 9.92 Å². The summed E-state index contributed by atoms with van der Waals surface area (Å²) in [6.07, 6.45) is 0. The van der Waals surface area contributed by atoms with Crippen molar-refractivity contribution in [3.63, 3.8) is 0 Å². The molecule has 0 spiro atoms. The zero-order chi connectivity index (χ0) is 12.3. The number of nitrogens with two attached hydrogens (primary N) is 1. The average Bonchev–Trinajstić information content (AvgIpc) is 2.32. The van der Waals surface area contributed by atoms with Gasteiger partial charge in [-0.05, 0) is 30.3 Å². The molecular weight excluding hydrogens is 256 g/mol. The van der Waals surface area contributed by atoms with Crippen LogP contribution in [0.15, 0.2) is 46.3 Å². The lowest BCUT2D eigenvalue weighted by molar-refractivity contribution is 0.397. The maximum Gasteiger partial charge on any atom is 0.237 e. The van der Waals surface area contributed by atoms with Gasteiger partial charge in [-0.25, -0.2) is 4.98 Å². The zero-order valence-electron chi connectivity index (χ0n) is 9.18. The standard InChI is InChI=1S/C12H11ClN2OS/c1-16-12-10(14)5-6-11(15-12)17-9-4-2-3-8(13)7-9/h2-7H,14H2,1H3. The molecule has 0 atom stereocenters. The van der Waals surface area contributed by atoms with Crippen molar-refractivity contribution in [1.82, 2.24) is 4.98 Å². The second kappa shape index (κ2) is 5.29. The first-order valence-corrected chi connectivity index (χ1v) is 6.12.